The highest BCUT2D eigenvalue weighted by Crippen LogP contribution is 2.24. The van der Waals surface area contributed by atoms with Gasteiger partial charge in [-0.25, -0.2) is 4.39 Å². The van der Waals surface area contributed by atoms with Gasteiger partial charge in [-0.15, -0.1) is 11.3 Å². The second-order valence-electron chi connectivity index (χ2n) is 3.55. The highest BCUT2D eigenvalue weighted by Gasteiger charge is 2.14. The van der Waals surface area contributed by atoms with Crippen molar-refractivity contribution in [3.8, 4) is 0 Å². The first-order chi connectivity index (χ1) is 7.81. The van der Waals surface area contributed by atoms with Gasteiger partial charge in [0, 0.05) is 4.88 Å². The second kappa shape index (κ2) is 5.03. The third-order valence-corrected chi connectivity index (χ3v) is 3.47. The molecule has 0 aliphatic carbocycles. The molecule has 1 aromatic heterocycles. The zero-order valence-corrected chi connectivity index (χ0v) is 9.41. The maximum Gasteiger partial charge on any atom is 0.128 e. The zero-order valence-electron chi connectivity index (χ0n) is 8.60. The van der Waals surface area contributed by atoms with Crippen molar-refractivity contribution in [3.63, 3.8) is 0 Å². The average Bonchev–Trinajstić information content (AvgIpc) is 2.81. The summed E-state index contributed by atoms with van der Waals surface area (Å²) in [4.78, 5) is 12.0. The molecule has 1 heterocycles. The Morgan fingerprint density at radius 2 is 2.06 bits per heavy atom. The molecular weight excluding hydrogens is 223 g/mol. The SMILES string of the molecule is O=CC(Cc1ccccc1F)c1cccs1. The summed E-state index contributed by atoms with van der Waals surface area (Å²) in [6, 6.07) is 10.4. The molecule has 0 saturated carbocycles. The third-order valence-electron chi connectivity index (χ3n) is 2.47. The number of carbonyl (C=O) groups excluding carboxylic acids is 1. The summed E-state index contributed by atoms with van der Waals surface area (Å²) in [5.41, 5.74) is 0.591. The van der Waals surface area contributed by atoms with E-state index in [4.69, 9.17) is 0 Å². The Hall–Kier alpha value is -1.48. The molecule has 82 valence electrons. The van der Waals surface area contributed by atoms with E-state index in [0.717, 1.165) is 11.2 Å². The van der Waals surface area contributed by atoms with Gasteiger partial charge in [0.2, 0.25) is 0 Å². The Kier molecular flexibility index (Phi) is 3.47. The number of thiophene rings is 1. The number of carbonyl (C=O) groups is 1. The summed E-state index contributed by atoms with van der Waals surface area (Å²) in [5.74, 6) is -0.484. The molecule has 3 heteroatoms. The molecule has 1 aromatic carbocycles. The lowest BCUT2D eigenvalue weighted by Crippen LogP contribution is -2.04. The number of hydrogen-bond acceptors (Lipinski definition) is 2. The summed E-state index contributed by atoms with van der Waals surface area (Å²) >= 11 is 1.53. The largest absolute Gasteiger partial charge is 0.303 e. The summed E-state index contributed by atoms with van der Waals surface area (Å²) in [6.45, 7) is 0. The van der Waals surface area contributed by atoms with Gasteiger partial charge in [-0.1, -0.05) is 24.3 Å². The van der Waals surface area contributed by atoms with Crippen molar-refractivity contribution in [2.75, 3.05) is 0 Å². The first kappa shape index (κ1) is 11.0. The van der Waals surface area contributed by atoms with E-state index in [1.807, 2.05) is 17.5 Å². The summed E-state index contributed by atoms with van der Waals surface area (Å²) in [7, 11) is 0. The Bertz CT molecular complexity index is 465. The molecule has 0 saturated heterocycles. The fourth-order valence-corrected chi connectivity index (χ4v) is 2.40. The van der Waals surface area contributed by atoms with E-state index in [1.165, 1.54) is 17.4 Å². The maximum atomic E-state index is 13.4. The van der Waals surface area contributed by atoms with Crippen LogP contribution in [-0.4, -0.2) is 6.29 Å². The van der Waals surface area contributed by atoms with E-state index in [9.17, 15) is 9.18 Å². The summed E-state index contributed by atoms with van der Waals surface area (Å²) < 4.78 is 13.4. The van der Waals surface area contributed by atoms with Crippen LogP contribution in [0.15, 0.2) is 41.8 Å². The van der Waals surface area contributed by atoms with Crippen LogP contribution < -0.4 is 0 Å². The molecule has 0 aliphatic heterocycles. The van der Waals surface area contributed by atoms with Crippen LogP contribution in [0.1, 0.15) is 16.4 Å². The smallest absolute Gasteiger partial charge is 0.128 e. The predicted molar refractivity (Wildman–Crippen MR) is 63.2 cm³/mol. The van der Waals surface area contributed by atoms with Crippen LogP contribution in [0.25, 0.3) is 0 Å². The lowest BCUT2D eigenvalue weighted by atomic mass is 9.99. The van der Waals surface area contributed by atoms with Crippen molar-refractivity contribution in [1.82, 2.24) is 0 Å². The van der Waals surface area contributed by atoms with Crippen molar-refractivity contribution in [2.24, 2.45) is 0 Å². The van der Waals surface area contributed by atoms with Crippen molar-refractivity contribution in [1.29, 1.82) is 0 Å². The number of aldehydes is 1. The molecule has 1 unspecified atom stereocenters. The first-order valence-electron chi connectivity index (χ1n) is 5.03. The van der Waals surface area contributed by atoms with Gasteiger partial charge < -0.3 is 4.79 Å². The standard InChI is InChI=1S/C13H11FOS/c14-12-5-2-1-4-10(12)8-11(9-15)13-6-3-7-16-13/h1-7,9,11H,8H2. The average molecular weight is 234 g/mol. The van der Waals surface area contributed by atoms with Crippen molar-refractivity contribution < 1.29 is 9.18 Å². The molecule has 2 rings (SSSR count). The molecule has 0 spiro atoms. The van der Waals surface area contributed by atoms with Gasteiger partial charge in [-0.3, -0.25) is 0 Å². The molecule has 1 nitrogen and oxygen atoms in total. The van der Waals surface area contributed by atoms with Crippen LogP contribution >= 0.6 is 11.3 Å². The topological polar surface area (TPSA) is 17.1 Å². The summed E-state index contributed by atoms with van der Waals surface area (Å²) in [6.07, 6.45) is 1.31. The molecule has 0 fully saturated rings. The van der Waals surface area contributed by atoms with Crippen LogP contribution in [0.3, 0.4) is 0 Å². The van der Waals surface area contributed by atoms with Gasteiger partial charge in [0.05, 0.1) is 5.92 Å². The number of rotatable bonds is 4. The van der Waals surface area contributed by atoms with Crippen LogP contribution in [0.4, 0.5) is 4.39 Å². The van der Waals surface area contributed by atoms with Crippen molar-refractivity contribution in [2.45, 2.75) is 12.3 Å². The Labute approximate surface area is 97.6 Å². The van der Waals surface area contributed by atoms with Crippen molar-refractivity contribution in [3.05, 3.63) is 58.0 Å². The van der Waals surface area contributed by atoms with E-state index in [0.29, 0.717) is 12.0 Å². The Morgan fingerprint density at radius 3 is 2.69 bits per heavy atom. The first-order valence-corrected chi connectivity index (χ1v) is 5.91. The van der Waals surface area contributed by atoms with Gasteiger partial charge in [0.15, 0.2) is 0 Å². The van der Waals surface area contributed by atoms with E-state index < -0.39 is 0 Å². The van der Waals surface area contributed by atoms with Crippen LogP contribution in [0.2, 0.25) is 0 Å². The van der Waals surface area contributed by atoms with Gasteiger partial charge >= 0.3 is 0 Å². The number of benzene rings is 1. The van der Waals surface area contributed by atoms with E-state index in [2.05, 4.69) is 0 Å². The van der Waals surface area contributed by atoms with Crippen molar-refractivity contribution >= 4 is 17.6 Å². The zero-order chi connectivity index (χ0) is 11.4. The van der Waals surface area contributed by atoms with Gasteiger partial charge in [0.1, 0.15) is 12.1 Å². The molecule has 16 heavy (non-hydrogen) atoms. The van der Waals surface area contributed by atoms with E-state index in [-0.39, 0.29) is 11.7 Å². The summed E-state index contributed by atoms with van der Waals surface area (Å²) in [5, 5.41) is 1.92. The molecule has 0 bridgehead atoms. The molecule has 0 amide bonds. The van der Waals surface area contributed by atoms with Crippen LogP contribution in [-0.2, 0) is 11.2 Å². The predicted octanol–water partition coefficient (Wildman–Crippen LogP) is 3.41. The highest BCUT2D eigenvalue weighted by molar-refractivity contribution is 7.10. The van der Waals surface area contributed by atoms with Gasteiger partial charge in [-0.05, 0) is 29.5 Å². The van der Waals surface area contributed by atoms with Crippen LogP contribution in [0.5, 0.6) is 0 Å². The monoisotopic (exact) mass is 234 g/mol. The molecule has 0 N–H and O–H groups in total. The fraction of sp³-hybridized carbons (Fsp3) is 0.154. The van der Waals surface area contributed by atoms with Crippen LogP contribution in [0, 0.1) is 5.82 Å². The quantitative estimate of drug-likeness (QED) is 0.741. The Morgan fingerprint density at radius 1 is 1.25 bits per heavy atom. The molecular formula is C13H11FOS. The van der Waals surface area contributed by atoms with Gasteiger partial charge in [0.25, 0.3) is 0 Å². The molecule has 0 radical (unpaired) electrons. The lowest BCUT2D eigenvalue weighted by Gasteiger charge is -2.08. The number of hydrogen-bond donors (Lipinski definition) is 0. The normalized spacial score (nSPS) is 12.3. The van der Waals surface area contributed by atoms with Gasteiger partial charge in [-0.2, -0.15) is 0 Å². The Balaban J connectivity index is 2.20. The molecule has 2 aromatic rings. The van der Waals surface area contributed by atoms with E-state index in [1.54, 1.807) is 18.2 Å². The number of halogens is 1. The fourth-order valence-electron chi connectivity index (χ4n) is 1.62. The highest BCUT2D eigenvalue weighted by atomic mass is 32.1. The maximum absolute atomic E-state index is 13.4. The third kappa shape index (κ3) is 2.36. The minimum absolute atomic E-state index is 0.239. The lowest BCUT2D eigenvalue weighted by molar-refractivity contribution is -0.109. The minimum atomic E-state index is -0.245. The minimum Gasteiger partial charge on any atom is -0.303 e. The van der Waals surface area contributed by atoms with E-state index >= 15 is 0 Å². The molecule has 1 atom stereocenters. The second-order valence-corrected chi connectivity index (χ2v) is 4.53. The molecule has 0 aliphatic rings.